The minimum atomic E-state index is -1.13. The number of nitrogens with zero attached hydrogens (tertiary/aromatic N) is 1. The molecule has 0 aliphatic heterocycles. The Morgan fingerprint density at radius 1 is 1.38 bits per heavy atom. The first-order valence-corrected chi connectivity index (χ1v) is 8.68. The molecule has 7 heteroatoms. The topological polar surface area (TPSA) is 83.5 Å². The normalized spacial score (nSPS) is 10.4. The maximum atomic E-state index is 10.6. The molecule has 0 amide bonds. The van der Waals surface area contributed by atoms with E-state index in [1.165, 1.54) is 11.3 Å². The van der Waals surface area contributed by atoms with Crippen LogP contribution in [-0.2, 0) is 17.8 Å². The number of methoxy groups -OCH3 is 1. The van der Waals surface area contributed by atoms with E-state index in [1.54, 1.807) is 12.5 Å². The van der Waals surface area contributed by atoms with Gasteiger partial charge in [0.2, 0.25) is 0 Å². The smallest absolute Gasteiger partial charge is 0.183 e. The molecule has 0 saturated heterocycles. The number of carbonyl (C=O) groups is 1. The number of anilines is 1. The third-order valence-electron chi connectivity index (χ3n) is 3.30. The van der Waals surface area contributed by atoms with Crippen LogP contribution in [0.2, 0.25) is 0 Å². The van der Waals surface area contributed by atoms with Crippen LogP contribution in [0, 0.1) is 0 Å². The first-order valence-electron chi connectivity index (χ1n) is 7.80. The number of aromatic nitrogens is 1. The Kier molecular flexibility index (Phi) is 6.87. The first kappa shape index (κ1) is 18.1. The molecular formula is C17H21N2O4S-. The van der Waals surface area contributed by atoms with Crippen molar-refractivity contribution in [2.75, 3.05) is 19.0 Å². The van der Waals surface area contributed by atoms with Crippen LogP contribution in [0.5, 0.6) is 11.5 Å². The van der Waals surface area contributed by atoms with E-state index in [9.17, 15) is 9.90 Å². The number of unbranched alkanes of at least 4 members (excludes halogenated alkanes) is 1. The van der Waals surface area contributed by atoms with Crippen LogP contribution in [0.15, 0.2) is 23.6 Å². The summed E-state index contributed by atoms with van der Waals surface area (Å²) in [4.78, 5) is 14.8. The number of rotatable bonds is 10. The summed E-state index contributed by atoms with van der Waals surface area (Å²) in [5, 5.41) is 16.1. The lowest BCUT2D eigenvalue weighted by Gasteiger charge is -2.12. The number of aliphatic carboxylic acids is 1. The summed E-state index contributed by atoms with van der Waals surface area (Å²) in [5.41, 5.74) is 1.52. The first-order chi connectivity index (χ1) is 11.6. The number of benzene rings is 1. The summed E-state index contributed by atoms with van der Waals surface area (Å²) in [6.45, 7) is 3.35. The third-order valence-corrected chi connectivity index (χ3v) is 4.15. The number of ether oxygens (including phenoxy) is 2. The van der Waals surface area contributed by atoms with Crippen LogP contribution >= 0.6 is 11.3 Å². The number of thiazole rings is 1. The zero-order valence-corrected chi connectivity index (χ0v) is 14.6. The molecule has 0 fully saturated rings. The van der Waals surface area contributed by atoms with Gasteiger partial charge in [-0.15, -0.1) is 11.3 Å². The highest BCUT2D eigenvalue weighted by molar-refractivity contribution is 7.13. The molecule has 130 valence electrons. The second-order valence-corrected chi connectivity index (χ2v) is 6.09. The van der Waals surface area contributed by atoms with Crippen LogP contribution < -0.4 is 19.9 Å². The van der Waals surface area contributed by atoms with E-state index >= 15 is 0 Å². The quantitative estimate of drug-likeness (QED) is 0.662. The molecule has 0 aliphatic rings. The van der Waals surface area contributed by atoms with Crippen molar-refractivity contribution in [3.05, 3.63) is 34.8 Å². The zero-order valence-electron chi connectivity index (χ0n) is 13.8. The van der Waals surface area contributed by atoms with Crippen molar-refractivity contribution in [2.45, 2.75) is 32.7 Å². The van der Waals surface area contributed by atoms with Gasteiger partial charge in [0, 0.05) is 24.3 Å². The third kappa shape index (κ3) is 5.42. The van der Waals surface area contributed by atoms with Gasteiger partial charge in [-0.05, 0) is 24.1 Å². The molecule has 0 unspecified atom stereocenters. The Bertz CT molecular complexity index is 672. The Morgan fingerprint density at radius 2 is 2.21 bits per heavy atom. The second kappa shape index (κ2) is 9.12. The second-order valence-electron chi connectivity index (χ2n) is 5.23. The lowest BCUT2D eigenvalue weighted by Crippen LogP contribution is -2.24. The van der Waals surface area contributed by atoms with Crippen molar-refractivity contribution in [3.8, 4) is 11.5 Å². The summed E-state index contributed by atoms with van der Waals surface area (Å²) in [5.74, 6) is 0.303. The maximum absolute atomic E-state index is 10.6. The zero-order chi connectivity index (χ0) is 17.4. The molecule has 0 aliphatic carbocycles. The Labute approximate surface area is 145 Å². The van der Waals surface area contributed by atoms with Gasteiger partial charge in [-0.1, -0.05) is 19.4 Å². The van der Waals surface area contributed by atoms with E-state index in [4.69, 9.17) is 9.47 Å². The van der Waals surface area contributed by atoms with Crippen molar-refractivity contribution >= 4 is 22.4 Å². The fourth-order valence-corrected chi connectivity index (χ4v) is 2.77. The fraction of sp³-hybridized carbons (Fsp3) is 0.412. The summed E-state index contributed by atoms with van der Waals surface area (Å²) in [7, 11) is 1.62. The summed E-state index contributed by atoms with van der Waals surface area (Å²) in [6.07, 6.45) is 1.92. The number of carbonyl (C=O) groups excluding carboxylic acids is 1. The van der Waals surface area contributed by atoms with Gasteiger partial charge in [-0.3, -0.25) is 0 Å². The highest BCUT2D eigenvalue weighted by atomic mass is 32.1. The predicted molar refractivity (Wildman–Crippen MR) is 91.5 cm³/mol. The van der Waals surface area contributed by atoms with Crippen LogP contribution in [0.4, 0.5) is 5.13 Å². The average molecular weight is 349 g/mol. The molecule has 2 aromatic rings. The highest BCUT2D eigenvalue weighted by Crippen LogP contribution is 2.28. The summed E-state index contributed by atoms with van der Waals surface area (Å²) in [6, 6.07) is 5.78. The number of hydrogen-bond donors (Lipinski definition) is 1. The molecule has 1 N–H and O–H groups in total. The largest absolute Gasteiger partial charge is 0.550 e. The van der Waals surface area contributed by atoms with Gasteiger partial charge < -0.3 is 24.7 Å². The number of carboxylic acids is 1. The van der Waals surface area contributed by atoms with Crippen LogP contribution in [-0.4, -0.2) is 24.7 Å². The molecule has 24 heavy (non-hydrogen) atoms. The lowest BCUT2D eigenvalue weighted by molar-refractivity contribution is -0.304. The lowest BCUT2D eigenvalue weighted by atomic mass is 10.2. The molecule has 0 bridgehead atoms. The molecule has 0 radical (unpaired) electrons. The van der Waals surface area contributed by atoms with Crippen molar-refractivity contribution in [2.24, 2.45) is 0 Å². The molecule has 0 saturated carbocycles. The van der Waals surface area contributed by atoms with Gasteiger partial charge in [-0.25, -0.2) is 4.98 Å². The SMILES string of the molecule is CCCCOc1ccc(CNc2nc(CC(=O)[O-])cs2)cc1OC. The molecule has 1 aromatic heterocycles. The van der Waals surface area contributed by atoms with E-state index in [0.29, 0.717) is 29.7 Å². The monoisotopic (exact) mass is 349 g/mol. The summed E-state index contributed by atoms with van der Waals surface area (Å²) < 4.78 is 11.1. The number of carboxylic acid groups (broad SMARTS) is 1. The molecule has 1 aromatic carbocycles. The van der Waals surface area contributed by atoms with Crippen molar-refractivity contribution in [3.63, 3.8) is 0 Å². The van der Waals surface area contributed by atoms with Crippen LogP contribution in [0.25, 0.3) is 0 Å². The molecule has 2 rings (SSSR count). The molecular weight excluding hydrogens is 328 g/mol. The highest BCUT2D eigenvalue weighted by Gasteiger charge is 2.07. The Morgan fingerprint density at radius 3 is 2.92 bits per heavy atom. The van der Waals surface area contributed by atoms with Crippen molar-refractivity contribution in [1.82, 2.24) is 4.98 Å². The number of nitrogens with one attached hydrogen (secondary N) is 1. The van der Waals surface area contributed by atoms with E-state index in [1.807, 2.05) is 18.2 Å². The van der Waals surface area contributed by atoms with Gasteiger partial charge in [0.05, 0.1) is 19.4 Å². The van der Waals surface area contributed by atoms with Gasteiger partial charge in [0.15, 0.2) is 16.6 Å². The van der Waals surface area contributed by atoms with Gasteiger partial charge >= 0.3 is 0 Å². The van der Waals surface area contributed by atoms with E-state index < -0.39 is 5.97 Å². The van der Waals surface area contributed by atoms with E-state index in [0.717, 1.165) is 24.2 Å². The summed E-state index contributed by atoms with van der Waals surface area (Å²) >= 11 is 1.37. The molecule has 1 heterocycles. The maximum Gasteiger partial charge on any atom is 0.183 e. The fourth-order valence-electron chi connectivity index (χ4n) is 2.06. The van der Waals surface area contributed by atoms with Crippen molar-refractivity contribution < 1.29 is 19.4 Å². The molecule has 0 spiro atoms. The average Bonchev–Trinajstić information content (AvgIpc) is 3.00. The van der Waals surface area contributed by atoms with Gasteiger partial charge in [0.25, 0.3) is 0 Å². The standard InChI is InChI=1S/C17H22N2O4S/c1-3-4-7-23-14-6-5-12(8-15(14)22-2)10-18-17-19-13(11-24-17)9-16(20)21/h5-6,8,11H,3-4,7,9-10H2,1-2H3,(H,18,19)(H,20,21)/p-1. The molecule has 6 nitrogen and oxygen atoms in total. The predicted octanol–water partition coefficient (Wildman–Crippen LogP) is 2.24. The molecule has 0 atom stereocenters. The van der Waals surface area contributed by atoms with E-state index in [-0.39, 0.29) is 6.42 Å². The van der Waals surface area contributed by atoms with Gasteiger partial charge in [0.1, 0.15) is 0 Å². The Hall–Kier alpha value is -2.28. The van der Waals surface area contributed by atoms with Crippen LogP contribution in [0.3, 0.4) is 0 Å². The van der Waals surface area contributed by atoms with Gasteiger partial charge in [-0.2, -0.15) is 0 Å². The number of hydrogen-bond acceptors (Lipinski definition) is 7. The minimum Gasteiger partial charge on any atom is -0.550 e. The van der Waals surface area contributed by atoms with E-state index in [2.05, 4.69) is 17.2 Å². The van der Waals surface area contributed by atoms with Crippen molar-refractivity contribution in [1.29, 1.82) is 0 Å². The Balaban J connectivity index is 1.94. The van der Waals surface area contributed by atoms with Crippen LogP contribution in [0.1, 0.15) is 31.0 Å². The minimum absolute atomic E-state index is 0.171.